The van der Waals surface area contributed by atoms with Crippen LogP contribution < -0.4 is 5.32 Å². The van der Waals surface area contributed by atoms with E-state index in [1.54, 1.807) is 14.0 Å². The van der Waals surface area contributed by atoms with Crippen LogP contribution in [0.25, 0.3) is 5.65 Å². The smallest absolute Gasteiger partial charge is 0.317 e. The van der Waals surface area contributed by atoms with Gasteiger partial charge in [-0.05, 0) is 35.0 Å². The third-order valence-electron chi connectivity index (χ3n) is 3.13. The van der Waals surface area contributed by atoms with E-state index in [0.717, 1.165) is 15.8 Å². The van der Waals surface area contributed by atoms with Gasteiger partial charge in [0, 0.05) is 23.9 Å². The Labute approximate surface area is 125 Å². The van der Waals surface area contributed by atoms with Crippen molar-refractivity contribution >= 4 is 27.6 Å². The van der Waals surface area contributed by atoms with Crippen LogP contribution in [0, 0.1) is 0 Å². The lowest BCUT2D eigenvalue weighted by atomic mass is 10.3. The predicted molar refractivity (Wildman–Crippen MR) is 79.4 cm³/mol. The maximum atomic E-state index is 11.8. The van der Waals surface area contributed by atoms with Crippen molar-refractivity contribution in [2.45, 2.75) is 19.5 Å². The predicted octanol–water partition coefficient (Wildman–Crippen LogP) is 1.62. The summed E-state index contributed by atoms with van der Waals surface area (Å²) in [6.45, 7) is 2.06. The average molecular weight is 341 g/mol. The third kappa shape index (κ3) is 3.29. The molecule has 0 saturated carbocycles. The fourth-order valence-corrected chi connectivity index (χ4v) is 2.07. The van der Waals surface area contributed by atoms with Crippen molar-refractivity contribution in [3.05, 3.63) is 34.7 Å². The number of likely N-dealkylation sites (N-methyl/N-ethyl adjacent to an activating group) is 1. The van der Waals surface area contributed by atoms with Crippen molar-refractivity contribution < 1.29 is 9.90 Å². The molecular weight excluding hydrogens is 324 g/mol. The monoisotopic (exact) mass is 340 g/mol. The number of nitrogens with one attached hydrogen (secondary N) is 1. The number of carbonyl (C=O) groups excluding carboxylic acids is 1. The average Bonchev–Trinajstić information content (AvgIpc) is 2.84. The molecule has 0 radical (unpaired) electrons. The highest BCUT2D eigenvalue weighted by molar-refractivity contribution is 9.10. The van der Waals surface area contributed by atoms with Crippen LogP contribution in [0.2, 0.25) is 0 Å². The summed E-state index contributed by atoms with van der Waals surface area (Å²) in [5, 5.41) is 11.8. The van der Waals surface area contributed by atoms with Gasteiger partial charge in [-0.2, -0.15) is 0 Å². The number of carbonyl (C=O) groups is 1. The van der Waals surface area contributed by atoms with Gasteiger partial charge in [0.1, 0.15) is 5.65 Å². The molecule has 6 nitrogen and oxygen atoms in total. The Balaban J connectivity index is 2.00. The van der Waals surface area contributed by atoms with Crippen molar-refractivity contribution in [2.24, 2.45) is 0 Å². The van der Waals surface area contributed by atoms with Crippen molar-refractivity contribution in [3.63, 3.8) is 0 Å². The molecule has 0 aromatic carbocycles. The molecule has 0 aliphatic heterocycles. The van der Waals surface area contributed by atoms with E-state index < -0.39 is 0 Å². The van der Waals surface area contributed by atoms with Crippen LogP contribution in [0.1, 0.15) is 12.6 Å². The minimum absolute atomic E-state index is 0.0632. The van der Waals surface area contributed by atoms with Crippen molar-refractivity contribution in [2.75, 3.05) is 13.7 Å². The number of nitrogens with zero attached hydrogens (tertiary/aromatic N) is 3. The molecule has 0 saturated heterocycles. The molecule has 1 atom stereocenters. The van der Waals surface area contributed by atoms with Gasteiger partial charge in [0.15, 0.2) is 0 Å². The summed E-state index contributed by atoms with van der Waals surface area (Å²) in [7, 11) is 1.65. The van der Waals surface area contributed by atoms with Gasteiger partial charge >= 0.3 is 6.03 Å². The number of halogens is 1. The normalized spacial score (nSPS) is 12.4. The van der Waals surface area contributed by atoms with Gasteiger partial charge in [0.2, 0.25) is 0 Å². The first-order valence-corrected chi connectivity index (χ1v) is 7.05. The molecule has 7 heteroatoms. The Hall–Kier alpha value is -1.60. The van der Waals surface area contributed by atoms with E-state index in [9.17, 15) is 4.79 Å². The topological polar surface area (TPSA) is 69.9 Å². The third-order valence-corrected chi connectivity index (χ3v) is 3.60. The summed E-state index contributed by atoms with van der Waals surface area (Å²) < 4.78 is 2.86. The Morgan fingerprint density at radius 2 is 2.30 bits per heavy atom. The van der Waals surface area contributed by atoms with Gasteiger partial charge < -0.3 is 19.7 Å². The van der Waals surface area contributed by atoms with E-state index in [1.165, 1.54) is 4.90 Å². The first-order chi connectivity index (χ1) is 9.51. The fraction of sp³-hybridized carbons (Fsp3) is 0.385. The lowest BCUT2D eigenvalue weighted by molar-refractivity contribution is 0.157. The van der Waals surface area contributed by atoms with Gasteiger partial charge in [-0.1, -0.05) is 0 Å². The quantitative estimate of drug-likeness (QED) is 0.888. The zero-order chi connectivity index (χ0) is 14.7. The number of aromatic nitrogens is 2. The maximum Gasteiger partial charge on any atom is 0.317 e. The number of aliphatic hydroxyl groups excluding tert-OH is 1. The zero-order valence-corrected chi connectivity index (χ0v) is 13.0. The van der Waals surface area contributed by atoms with Crippen molar-refractivity contribution in [1.82, 2.24) is 19.6 Å². The SMILES string of the molecule is CC(CO)N(C)C(=O)NCc1cn2cc(Br)ccc2n1. The highest BCUT2D eigenvalue weighted by Gasteiger charge is 2.14. The standard InChI is InChI=1S/C13H17BrN4O2/c1-9(8-19)17(2)13(20)15-5-11-7-18-6-10(14)3-4-12(18)16-11/h3-4,6-7,9,19H,5,8H2,1-2H3,(H,15,20). The lowest BCUT2D eigenvalue weighted by Crippen LogP contribution is -2.43. The molecule has 0 spiro atoms. The zero-order valence-electron chi connectivity index (χ0n) is 11.4. The molecule has 0 fully saturated rings. The summed E-state index contributed by atoms with van der Waals surface area (Å²) in [5.74, 6) is 0. The fourth-order valence-electron chi connectivity index (χ4n) is 1.72. The Bertz CT molecular complexity index is 613. The van der Waals surface area contributed by atoms with Crippen molar-refractivity contribution in [1.29, 1.82) is 0 Å². The van der Waals surface area contributed by atoms with Crippen molar-refractivity contribution in [3.8, 4) is 0 Å². The lowest BCUT2D eigenvalue weighted by Gasteiger charge is -2.23. The van der Waals surface area contributed by atoms with Crippen LogP contribution >= 0.6 is 15.9 Å². The number of amides is 2. The summed E-state index contributed by atoms with van der Waals surface area (Å²) in [6.07, 6.45) is 3.78. The van der Waals surface area contributed by atoms with Gasteiger partial charge in [-0.3, -0.25) is 0 Å². The summed E-state index contributed by atoms with van der Waals surface area (Å²) in [4.78, 5) is 17.7. The second-order valence-corrected chi connectivity index (χ2v) is 5.56. The number of hydrogen-bond donors (Lipinski definition) is 2. The first-order valence-electron chi connectivity index (χ1n) is 6.26. The number of urea groups is 1. The molecule has 1 unspecified atom stereocenters. The molecule has 0 aliphatic carbocycles. The highest BCUT2D eigenvalue weighted by Crippen LogP contribution is 2.12. The van der Waals surface area contributed by atoms with Gasteiger partial charge in [0.05, 0.1) is 24.9 Å². The van der Waals surface area contributed by atoms with Crippen LogP contribution in [-0.4, -0.2) is 45.1 Å². The Kier molecular flexibility index (Phi) is 4.61. The number of imidazole rings is 1. The molecule has 0 bridgehead atoms. The second kappa shape index (κ2) is 6.23. The van der Waals surface area contributed by atoms with Crippen LogP contribution in [0.3, 0.4) is 0 Å². The minimum atomic E-state index is -0.232. The number of fused-ring (bicyclic) bond motifs is 1. The minimum Gasteiger partial charge on any atom is -0.394 e. The van der Waals surface area contributed by atoms with E-state index in [0.29, 0.717) is 6.54 Å². The van der Waals surface area contributed by atoms with Crippen LogP contribution in [-0.2, 0) is 6.54 Å². The van der Waals surface area contributed by atoms with E-state index in [4.69, 9.17) is 5.11 Å². The van der Waals surface area contributed by atoms with E-state index in [1.807, 2.05) is 28.9 Å². The molecular formula is C13H17BrN4O2. The molecule has 2 aromatic heterocycles. The maximum absolute atomic E-state index is 11.8. The van der Waals surface area contributed by atoms with Gasteiger partial charge in [-0.15, -0.1) is 0 Å². The Morgan fingerprint density at radius 1 is 1.55 bits per heavy atom. The summed E-state index contributed by atoms with van der Waals surface area (Å²) >= 11 is 3.40. The second-order valence-electron chi connectivity index (χ2n) is 4.65. The highest BCUT2D eigenvalue weighted by atomic mass is 79.9. The molecule has 2 N–H and O–H groups in total. The Morgan fingerprint density at radius 3 is 3.00 bits per heavy atom. The number of pyridine rings is 1. The molecule has 2 aromatic rings. The van der Waals surface area contributed by atoms with Gasteiger partial charge in [-0.25, -0.2) is 9.78 Å². The summed E-state index contributed by atoms with van der Waals surface area (Å²) in [5.41, 5.74) is 1.61. The molecule has 0 aliphatic rings. The van der Waals surface area contributed by atoms with E-state index in [2.05, 4.69) is 26.2 Å². The molecule has 2 rings (SSSR count). The largest absolute Gasteiger partial charge is 0.394 e. The molecule has 2 heterocycles. The molecule has 20 heavy (non-hydrogen) atoms. The summed E-state index contributed by atoms with van der Waals surface area (Å²) in [6, 6.07) is 3.37. The van der Waals surface area contributed by atoms with Crippen LogP contribution in [0.4, 0.5) is 4.79 Å². The number of hydrogen-bond acceptors (Lipinski definition) is 3. The first kappa shape index (κ1) is 14.8. The number of rotatable bonds is 4. The van der Waals surface area contributed by atoms with Crippen LogP contribution in [0.5, 0.6) is 0 Å². The van der Waals surface area contributed by atoms with Crippen LogP contribution in [0.15, 0.2) is 29.0 Å². The van der Waals surface area contributed by atoms with E-state index in [-0.39, 0.29) is 18.7 Å². The van der Waals surface area contributed by atoms with E-state index >= 15 is 0 Å². The molecule has 2 amide bonds. The molecule has 108 valence electrons. The van der Waals surface area contributed by atoms with Gasteiger partial charge in [0.25, 0.3) is 0 Å². The number of aliphatic hydroxyl groups is 1.